The molecule has 1 aromatic carbocycles. The quantitative estimate of drug-likeness (QED) is 0.601. The van der Waals surface area contributed by atoms with E-state index >= 15 is 0 Å². The molecule has 0 saturated heterocycles. The van der Waals surface area contributed by atoms with E-state index in [0.717, 1.165) is 0 Å². The first kappa shape index (κ1) is 18.1. The van der Waals surface area contributed by atoms with Gasteiger partial charge in [-0.3, -0.25) is 14.6 Å². The Morgan fingerprint density at radius 2 is 2.16 bits per heavy atom. The maximum atomic E-state index is 12.1. The summed E-state index contributed by atoms with van der Waals surface area (Å²) in [6, 6.07) is 6.04. The molecule has 1 amide bonds. The van der Waals surface area contributed by atoms with Crippen molar-refractivity contribution < 1.29 is 9.53 Å². The van der Waals surface area contributed by atoms with Crippen molar-refractivity contribution in [1.82, 2.24) is 15.3 Å². The molecule has 1 aromatic heterocycles. The van der Waals surface area contributed by atoms with Crippen LogP contribution in [0.4, 0.5) is 5.69 Å². The number of nitriles is 1. The zero-order chi connectivity index (χ0) is 18.6. The first-order valence-electron chi connectivity index (χ1n) is 7.07. The molecule has 0 aliphatic heterocycles. The Morgan fingerprint density at radius 1 is 1.44 bits per heavy atom. The van der Waals surface area contributed by atoms with Crippen molar-refractivity contribution in [3.63, 3.8) is 0 Å². The van der Waals surface area contributed by atoms with Crippen molar-refractivity contribution in [3.05, 3.63) is 55.3 Å². The Hall–Kier alpha value is -3.25. The Morgan fingerprint density at radius 3 is 2.80 bits per heavy atom. The number of nitrogen functional groups attached to an aromatic ring is 1. The molecule has 0 radical (unpaired) electrons. The topological polar surface area (TPSA) is 154 Å². The summed E-state index contributed by atoms with van der Waals surface area (Å²) in [5, 5.41) is 11.6. The van der Waals surface area contributed by atoms with Gasteiger partial charge in [0.05, 0.1) is 16.6 Å². The van der Waals surface area contributed by atoms with Crippen molar-refractivity contribution in [2.75, 3.05) is 12.3 Å². The van der Waals surface area contributed by atoms with Crippen molar-refractivity contribution in [1.29, 1.82) is 5.26 Å². The van der Waals surface area contributed by atoms with Crippen LogP contribution in [0.25, 0.3) is 0 Å². The number of amides is 1. The van der Waals surface area contributed by atoms with Gasteiger partial charge in [-0.25, -0.2) is 4.79 Å². The molecular formula is C15H14ClN5O4. The lowest BCUT2D eigenvalue weighted by Gasteiger charge is -2.15. The monoisotopic (exact) mass is 363 g/mol. The summed E-state index contributed by atoms with van der Waals surface area (Å²) in [6.07, 6.45) is 0. The van der Waals surface area contributed by atoms with Gasteiger partial charge in [0.1, 0.15) is 29.8 Å². The molecule has 25 heavy (non-hydrogen) atoms. The SMILES string of the molecule is CC(COc1ccc(C#N)c(Cl)c1)NC(=O)c1[nH]c(=O)[nH]c(=O)c1N. The molecule has 0 saturated carbocycles. The van der Waals surface area contributed by atoms with Gasteiger partial charge >= 0.3 is 5.69 Å². The van der Waals surface area contributed by atoms with Crippen LogP contribution in [0.1, 0.15) is 23.0 Å². The highest BCUT2D eigenvalue weighted by molar-refractivity contribution is 6.31. The number of halogens is 1. The van der Waals surface area contributed by atoms with Crippen LogP contribution in [-0.4, -0.2) is 28.5 Å². The molecule has 0 fully saturated rings. The van der Waals surface area contributed by atoms with Gasteiger partial charge in [-0.05, 0) is 19.1 Å². The number of aromatic amines is 2. The molecule has 0 aliphatic rings. The van der Waals surface area contributed by atoms with Crippen molar-refractivity contribution in [2.24, 2.45) is 0 Å². The minimum absolute atomic E-state index is 0.0846. The Kier molecular flexibility index (Phi) is 5.46. The van der Waals surface area contributed by atoms with Crippen LogP contribution in [-0.2, 0) is 0 Å². The Labute approximate surface area is 146 Å². The fraction of sp³-hybridized carbons (Fsp3) is 0.200. The van der Waals surface area contributed by atoms with Crippen LogP contribution in [0.2, 0.25) is 5.02 Å². The van der Waals surface area contributed by atoms with E-state index in [9.17, 15) is 14.4 Å². The van der Waals surface area contributed by atoms with Crippen molar-refractivity contribution >= 4 is 23.2 Å². The lowest BCUT2D eigenvalue weighted by molar-refractivity contribution is 0.0922. The van der Waals surface area contributed by atoms with E-state index < -0.39 is 23.2 Å². The highest BCUT2D eigenvalue weighted by atomic mass is 35.5. The molecule has 0 aliphatic carbocycles. The number of anilines is 1. The number of nitrogens with one attached hydrogen (secondary N) is 3. The number of H-pyrrole nitrogens is 2. The van der Waals surface area contributed by atoms with Crippen LogP contribution in [0.3, 0.4) is 0 Å². The number of hydrogen-bond acceptors (Lipinski definition) is 6. The van der Waals surface area contributed by atoms with Gasteiger partial charge in [0, 0.05) is 6.07 Å². The third-order valence-electron chi connectivity index (χ3n) is 3.15. The van der Waals surface area contributed by atoms with Crippen LogP contribution in [0.5, 0.6) is 5.75 Å². The van der Waals surface area contributed by atoms with Crippen LogP contribution >= 0.6 is 11.6 Å². The van der Waals surface area contributed by atoms with Gasteiger partial charge in [0.15, 0.2) is 0 Å². The molecule has 2 rings (SSSR count). The Balaban J connectivity index is 2.01. The van der Waals surface area contributed by atoms with E-state index in [1.165, 1.54) is 12.1 Å². The number of carbonyl (C=O) groups is 1. The van der Waals surface area contributed by atoms with E-state index in [1.807, 2.05) is 11.1 Å². The molecule has 0 spiro atoms. The zero-order valence-electron chi connectivity index (χ0n) is 13.1. The van der Waals surface area contributed by atoms with E-state index in [0.29, 0.717) is 11.3 Å². The number of hydrogen-bond donors (Lipinski definition) is 4. The third-order valence-corrected chi connectivity index (χ3v) is 3.46. The molecule has 10 heteroatoms. The third kappa shape index (κ3) is 4.39. The van der Waals surface area contributed by atoms with Crippen molar-refractivity contribution in [2.45, 2.75) is 13.0 Å². The summed E-state index contributed by atoms with van der Waals surface area (Å²) in [6.45, 7) is 1.74. The molecule has 130 valence electrons. The Bertz CT molecular complexity index is 960. The summed E-state index contributed by atoms with van der Waals surface area (Å²) in [4.78, 5) is 38.8. The van der Waals surface area contributed by atoms with Gasteiger partial charge in [0.2, 0.25) is 0 Å². The number of ether oxygens (including phenoxy) is 1. The van der Waals surface area contributed by atoms with E-state index in [4.69, 9.17) is 27.3 Å². The van der Waals surface area contributed by atoms with Gasteiger partial charge in [0.25, 0.3) is 11.5 Å². The minimum Gasteiger partial charge on any atom is -0.491 e. The van der Waals surface area contributed by atoms with Gasteiger partial charge in [-0.2, -0.15) is 5.26 Å². The normalized spacial score (nSPS) is 11.4. The predicted molar refractivity (Wildman–Crippen MR) is 90.7 cm³/mol. The molecule has 1 atom stereocenters. The first-order chi connectivity index (χ1) is 11.8. The second-order valence-electron chi connectivity index (χ2n) is 5.14. The molecule has 9 nitrogen and oxygen atoms in total. The minimum atomic E-state index is -0.843. The number of nitrogens with zero attached hydrogens (tertiary/aromatic N) is 1. The fourth-order valence-corrected chi connectivity index (χ4v) is 2.12. The van der Waals surface area contributed by atoms with Crippen LogP contribution < -0.4 is 27.0 Å². The maximum Gasteiger partial charge on any atom is 0.326 e. The molecule has 0 bridgehead atoms. The first-order valence-corrected chi connectivity index (χ1v) is 7.45. The summed E-state index contributed by atoms with van der Waals surface area (Å²) >= 11 is 5.90. The highest BCUT2D eigenvalue weighted by Crippen LogP contribution is 2.21. The standard InChI is InChI=1S/C15H14ClN5O4/c1-7(6-25-9-3-2-8(5-17)10(16)4-9)19-14(23)12-11(18)13(22)21-15(24)20-12/h2-4,7H,6,18H2,1H3,(H,19,23)(H2,20,21,22,24). The number of aromatic nitrogens is 2. The summed E-state index contributed by atoms with van der Waals surface area (Å²) < 4.78 is 5.48. The van der Waals surface area contributed by atoms with Gasteiger partial charge in [-0.15, -0.1) is 0 Å². The summed E-state index contributed by atoms with van der Waals surface area (Å²) in [7, 11) is 0. The number of benzene rings is 1. The van der Waals surface area contributed by atoms with Crippen LogP contribution in [0.15, 0.2) is 27.8 Å². The second-order valence-corrected chi connectivity index (χ2v) is 5.54. The van der Waals surface area contributed by atoms with Gasteiger partial charge in [-0.1, -0.05) is 11.6 Å². The molecule has 5 N–H and O–H groups in total. The van der Waals surface area contributed by atoms with E-state index in [2.05, 4.69) is 10.3 Å². The summed E-state index contributed by atoms with van der Waals surface area (Å²) in [5.41, 5.74) is 3.44. The average Bonchev–Trinajstić information content (AvgIpc) is 2.56. The molecule has 1 unspecified atom stereocenters. The molecule has 2 aromatic rings. The lowest BCUT2D eigenvalue weighted by Crippen LogP contribution is -2.40. The smallest absolute Gasteiger partial charge is 0.326 e. The lowest BCUT2D eigenvalue weighted by atomic mass is 10.2. The highest BCUT2D eigenvalue weighted by Gasteiger charge is 2.16. The zero-order valence-corrected chi connectivity index (χ0v) is 13.8. The maximum absolute atomic E-state index is 12.1. The van der Waals surface area contributed by atoms with E-state index in [1.54, 1.807) is 13.0 Å². The number of carbonyl (C=O) groups excluding carboxylic acids is 1. The second kappa shape index (κ2) is 7.55. The average molecular weight is 364 g/mol. The fourth-order valence-electron chi connectivity index (χ4n) is 1.91. The van der Waals surface area contributed by atoms with E-state index in [-0.39, 0.29) is 23.0 Å². The number of rotatable bonds is 5. The molecular weight excluding hydrogens is 350 g/mol. The summed E-state index contributed by atoms with van der Waals surface area (Å²) in [5.74, 6) is -0.288. The molecule has 1 heterocycles. The van der Waals surface area contributed by atoms with Crippen LogP contribution in [0, 0.1) is 11.3 Å². The van der Waals surface area contributed by atoms with Crippen molar-refractivity contribution in [3.8, 4) is 11.8 Å². The number of nitrogens with two attached hydrogens (primary N) is 1. The largest absolute Gasteiger partial charge is 0.491 e. The van der Waals surface area contributed by atoms with Gasteiger partial charge < -0.3 is 20.8 Å². The predicted octanol–water partition coefficient (Wildman–Crippen LogP) is 0.368.